The van der Waals surface area contributed by atoms with Crippen molar-refractivity contribution < 1.29 is 9.21 Å². The molecule has 0 saturated carbocycles. The van der Waals surface area contributed by atoms with Gasteiger partial charge in [0.05, 0.1) is 12.6 Å². The molecule has 1 amide bonds. The average Bonchev–Trinajstić information content (AvgIpc) is 2.61. The third-order valence-electron chi connectivity index (χ3n) is 2.61. The van der Waals surface area contributed by atoms with Crippen LogP contribution >= 0.6 is 0 Å². The van der Waals surface area contributed by atoms with Crippen LogP contribution in [0.4, 0.5) is 0 Å². The summed E-state index contributed by atoms with van der Waals surface area (Å²) in [6.45, 7) is 6.47. The Kier molecular flexibility index (Phi) is 4.75. The third-order valence-corrected chi connectivity index (χ3v) is 2.61. The van der Waals surface area contributed by atoms with E-state index in [2.05, 4.69) is 13.8 Å². The van der Waals surface area contributed by atoms with Crippen molar-refractivity contribution in [3.8, 4) is 0 Å². The van der Waals surface area contributed by atoms with Crippen molar-refractivity contribution in [1.82, 2.24) is 4.90 Å². The summed E-state index contributed by atoms with van der Waals surface area (Å²) in [7, 11) is 1.75. The molecule has 0 fully saturated rings. The summed E-state index contributed by atoms with van der Waals surface area (Å²) >= 11 is 0. The summed E-state index contributed by atoms with van der Waals surface area (Å²) in [5.74, 6) is 2.03. The predicted octanol–water partition coefficient (Wildman–Crippen LogP) is 1.92. The van der Waals surface area contributed by atoms with E-state index in [9.17, 15) is 4.79 Å². The maximum Gasteiger partial charge on any atom is 0.239 e. The molecule has 0 bridgehead atoms. The van der Waals surface area contributed by atoms with Crippen molar-refractivity contribution in [2.75, 3.05) is 7.05 Å². The Morgan fingerprint density at radius 3 is 2.59 bits per heavy atom. The second-order valence-electron chi connectivity index (χ2n) is 4.94. The number of amides is 1. The van der Waals surface area contributed by atoms with Gasteiger partial charge in [0.15, 0.2) is 0 Å². The molecule has 96 valence electrons. The van der Waals surface area contributed by atoms with Gasteiger partial charge >= 0.3 is 0 Å². The van der Waals surface area contributed by atoms with Crippen molar-refractivity contribution in [1.29, 1.82) is 0 Å². The molecule has 1 rings (SSSR count). The molecule has 0 aliphatic rings. The number of carbonyl (C=O) groups excluding carboxylic acids is 1. The topological polar surface area (TPSA) is 59.5 Å². The molecule has 0 radical (unpaired) electrons. The quantitative estimate of drug-likeness (QED) is 0.852. The van der Waals surface area contributed by atoms with Crippen molar-refractivity contribution in [3.63, 3.8) is 0 Å². The lowest BCUT2D eigenvalue weighted by atomic mass is 10.0. The number of likely N-dealkylation sites (N-methyl/N-ethyl adjacent to an activating group) is 1. The molecule has 1 heterocycles. The Bertz CT molecular complexity index is 371. The lowest BCUT2D eigenvalue weighted by Gasteiger charge is -2.21. The summed E-state index contributed by atoms with van der Waals surface area (Å²) < 4.78 is 5.43. The van der Waals surface area contributed by atoms with Crippen LogP contribution in [-0.2, 0) is 11.3 Å². The van der Waals surface area contributed by atoms with Crippen LogP contribution in [0.15, 0.2) is 16.5 Å². The highest BCUT2D eigenvalue weighted by atomic mass is 16.3. The first-order valence-electron chi connectivity index (χ1n) is 5.96. The van der Waals surface area contributed by atoms with E-state index in [1.54, 1.807) is 11.9 Å². The molecule has 1 atom stereocenters. The van der Waals surface area contributed by atoms with E-state index in [0.29, 0.717) is 18.9 Å². The first-order valence-corrected chi connectivity index (χ1v) is 5.96. The molecule has 1 aromatic rings. The lowest BCUT2D eigenvalue weighted by Crippen LogP contribution is -2.42. The van der Waals surface area contributed by atoms with Crippen molar-refractivity contribution in [2.24, 2.45) is 11.7 Å². The molecule has 2 N–H and O–H groups in total. The van der Waals surface area contributed by atoms with Crippen LogP contribution in [0.2, 0.25) is 0 Å². The Balaban J connectivity index is 2.52. The van der Waals surface area contributed by atoms with Crippen LogP contribution in [0, 0.1) is 12.8 Å². The maximum atomic E-state index is 11.9. The molecular formula is C13H22N2O2. The Labute approximate surface area is 103 Å². The zero-order valence-electron chi connectivity index (χ0n) is 11.1. The number of furan rings is 1. The fourth-order valence-electron chi connectivity index (χ4n) is 1.77. The molecule has 0 saturated heterocycles. The standard InChI is InChI=1S/C13H22N2O2/c1-9(2)7-12(14)13(16)15(4)8-11-6-5-10(3)17-11/h5-6,9,12H,7-8,14H2,1-4H3/t12-/m1/s1. The molecule has 1 aromatic heterocycles. The number of nitrogens with two attached hydrogens (primary N) is 1. The molecule has 0 spiro atoms. The summed E-state index contributed by atoms with van der Waals surface area (Å²) in [6, 6.07) is 3.35. The largest absolute Gasteiger partial charge is 0.464 e. The number of hydrogen-bond donors (Lipinski definition) is 1. The van der Waals surface area contributed by atoms with Crippen molar-refractivity contribution in [3.05, 3.63) is 23.7 Å². The monoisotopic (exact) mass is 238 g/mol. The van der Waals surface area contributed by atoms with Gasteiger partial charge in [-0.3, -0.25) is 4.79 Å². The number of aryl methyl sites for hydroxylation is 1. The summed E-state index contributed by atoms with van der Waals surface area (Å²) in [5.41, 5.74) is 5.86. The highest BCUT2D eigenvalue weighted by Gasteiger charge is 2.19. The van der Waals surface area contributed by atoms with Crippen LogP contribution in [0.3, 0.4) is 0 Å². The van der Waals surface area contributed by atoms with E-state index in [-0.39, 0.29) is 5.91 Å². The van der Waals surface area contributed by atoms with Gasteiger partial charge in [0, 0.05) is 7.05 Å². The Morgan fingerprint density at radius 1 is 1.47 bits per heavy atom. The molecule has 0 aliphatic heterocycles. The Hall–Kier alpha value is -1.29. The first kappa shape index (κ1) is 13.8. The molecule has 0 aromatic carbocycles. The SMILES string of the molecule is Cc1ccc(CN(C)C(=O)[C@H](N)CC(C)C)o1. The van der Waals surface area contributed by atoms with E-state index >= 15 is 0 Å². The Morgan fingerprint density at radius 2 is 2.12 bits per heavy atom. The normalized spacial score (nSPS) is 12.8. The number of rotatable bonds is 5. The smallest absolute Gasteiger partial charge is 0.239 e. The van der Waals surface area contributed by atoms with Gasteiger partial charge in [-0.2, -0.15) is 0 Å². The summed E-state index contributed by atoms with van der Waals surface area (Å²) in [5, 5.41) is 0. The van der Waals surface area contributed by atoms with Crippen molar-refractivity contribution >= 4 is 5.91 Å². The molecule has 0 aliphatic carbocycles. The second kappa shape index (κ2) is 5.87. The van der Waals surface area contributed by atoms with Crippen LogP contribution in [0.1, 0.15) is 31.8 Å². The highest BCUT2D eigenvalue weighted by molar-refractivity contribution is 5.81. The third kappa shape index (κ3) is 4.23. The van der Waals surface area contributed by atoms with Crippen molar-refractivity contribution in [2.45, 2.75) is 39.8 Å². The zero-order chi connectivity index (χ0) is 13.0. The molecular weight excluding hydrogens is 216 g/mol. The van der Waals surface area contributed by atoms with Gasteiger partial charge in [-0.1, -0.05) is 13.8 Å². The lowest BCUT2D eigenvalue weighted by molar-refractivity contribution is -0.132. The molecule has 4 nitrogen and oxygen atoms in total. The molecule has 17 heavy (non-hydrogen) atoms. The summed E-state index contributed by atoms with van der Waals surface area (Å²) in [4.78, 5) is 13.6. The minimum Gasteiger partial charge on any atom is -0.464 e. The van der Waals surface area contributed by atoms with Gasteiger partial charge in [-0.05, 0) is 31.4 Å². The summed E-state index contributed by atoms with van der Waals surface area (Å²) in [6.07, 6.45) is 0.709. The van der Waals surface area contributed by atoms with Gasteiger partial charge < -0.3 is 15.1 Å². The highest BCUT2D eigenvalue weighted by Crippen LogP contribution is 2.11. The number of hydrogen-bond acceptors (Lipinski definition) is 3. The fraction of sp³-hybridized carbons (Fsp3) is 0.615. The van der Waals surface area contributed by atoms with E-state index in [4.69, 9.17) is 10.2 Å². The van der Waals surface area contributed by atoms with Gasteiger partial charge in [0.1, 0.15) is 11.5 Å². The predicted molar refractivity (Wildman–Crippen MR) is 67.3 cm³/mol. The van der Waals surface area contributed by atoms with E-state index in [1.165, 1.54) is 0 Å². The number of nitrogens with zero attached hydrogens (tertiary/aromatic N) is 1. The van der Waals surface area contributed by atoms with Gasteiger partial charge in [0.25, 0.3) is 0 Å². The molecule has 4 heteroatoms. The number of carbonyl (C=O) groups is 1. The van der Waals surface area contributed by atoms with Crippen LogP contribution in [-0.4, -0.2) is 23.9 Å². The average molecular weight is 238 g/mol. The first-order chi connectivity index (χ1) is 7.90. The zero-order valence-corrected chi connectivity index (χ0v) is 11.1. The fourth-order valence-corrected chi connectivity index (χ4v) is 1.77. The van der Waals surface area contributed by atoms with Gasteiger partial charge in [0.2, 0.25) is 5.91 Å². The van der Waals surface area contributed by atoms with Crippen LogP contribution < -0.4 is 5.73 Å². The minimum absolute atomic E-state index is 0.0345. The second-order valence-corrected chi connectivity index (χ2v) is 4.94. The van der Waals surface area contributed by atoms with Gasteiger partial charge in [-0.25, -0.2) is 0 Å². The minimum atomic E-state index is -0.420. The van der Waals surface area contributed by atoms with Crippen LogP contribution in [0.5, 0.6) is 0 Å². The maximum absolute atomic E-state index is 11.9. The van der Waals surface area contributed by atoms with Gasteiger partial charge in [-0.15, -0.1) is 0 Å². The van der Waals surface area contributed by atoms with Crippen LogP contribution in [0.25, 0.3) is 0 Å². The van der Waals surface area contributed by atoms with E-state index in [1.807, 2.05) is 19.1 Å². The van der Waals surface area contributed by atoms with E-state index < -0.39 is 6.04 Å². The van der Waals surface area contributed by atoms with E-state index in [0.717, 1.165) is 11.5 Å². The molecule has 0 unspecified atom stereocenters.